The molecule has 110 valence electrons. The van der Waals surface area contributed by atoms with Gasteiger partial charge in [0.1, 0.15) is 0 Å². The van der Waals surface area contributed by atoms with Crippen LogP contribution in [-0.4, -0.2) is 34.7 Å². The minimum absolute atomic E-state index is 0.125. The molecular formula is C16H29NOS. The molecule has 0 bridgehead atoms. The minimum Gasteiger partial charge on any atom is -0.391 e. The lowest BCUT2D eigenvalue weighted by molar-refractivity contribution is -0.0186. The zero-order valence-corrected chi connectivity index (χ0v) is 13.9. The molecule has 2 nitrogen and oxygen atoms in total. The summed E-state index contributed by atoms with van der Waals surface area (Å²) in [6.45, 7) is 12.9. The summed E-state index contributed by atoms with van der Waals surface area (Å²) >= 11 is 1.84. The van der Waals surface area contributed by atoms with E-state index in [1.165, 1.54) is 9.75 Å². The van der Waals surface area contributed by atoms with Crippen LogP contribution in [0.1, 0.15) is 50.8 Å². The fourth-order valence-electron chi connectivity index (χ4n) is 2.75. The molecule has 19 heavy (non-hydrogen) atoms. The number of hydrogen-bond acceptors (Lipinski definition) is 3. The van der Waals surface area contributed by atoms with Crippen LogP contribution in [0.2, 0.25) is 0 Å². The molecule has 0 radical (unpaired) electrons. The molecular weight excluding hydrogens is 254 g/mol. The summed E-state index contributed by atoms with van der Waals surface area (Å²) in [5.41, 5.74) is -0.125. The van der Waals surface area contributed by atoms with E-state index in [4.69, 9.17) is 0 Å². The maximum Gasteiger partial charge on any atom is 0.0769 e. The van der Waals surface area contributed by atoms with E-state index in [0.717, 1.165) is 32.4 Å². The number of nitrogens with zero attached hydrogens (tertiary/aromatic N) is 1. The smallest absolute Gasteiger partial charge is 0.0769 e. The molecule has 1 heterocycles. The second-order valence-electron chi connectivity index (χ2n) is 5.32. The molecule has 1 N–H and O–H groups in total. The zero-order chi connectivity index (χ0) is 14.5. The fraction of sp³-hybridized carbons (Fsp3) is 0.750. The monoisotopic (exact) mass is 283 g/mol. The molecule has 1 rings (SSSR count). The molecule has 0 aliphatic heterocycles. The normalized spacial score (nSPS) is 16.6. The highest BCUT2D eigenvalue weighted by atomic mass is 32.1. The van der Waals surface area contributed by atoms with Crippen LogP contribution < -0.4 is 0 Å². The first kappa shape index (κ1) is 16.7. The number of likely N-dealkylation sites (N-methyl/N-ethyl adjacent to an activating group) is 1. The van der Waals surface area contributed by atoms with E-state index in [1.54, 1.807) is 0 Å². The van der Waals surface area contributed by atoms with Crippen LogP contribution in [0, 0.1) is 0 Å². The predicted octanol–water partition coefficient (Wildman–Crippen LogP) is 3.72. The van der Waals surface area contributed by atoms with Gasteiger partial charge in [-0.2, -0.15) is 0 Å². The van der Waals surface area contributed by atoms with Crippen LogP contribution in [0.4, 0.5) is 0 Å². The standard InChI is InChI=1S/C16H29NOS/c1-6-13-10-11-14(19-13)12-15(18)16(5,7-2)17(8-3)9-4/h10-11,15,18H,6-9,12H2,1-5H3. The van der Waals surface area contributed by atoms with Gasteiger partial charge in [0.05, 0.1) is 6.10 Å². The van der Waals surface area contributed by atoms with Gasteiger partial charge in [0.2, 0.25) is 0 Å². The molecule has 1 aromatic rings. The quantitative estimate of drug-likeness (QED) is 0.786. The predicted molar refractivity (Wildman–Crippen MR) is 85.0 cm³/mol. The van der Waals surface area contributed by atoms with Gasteiger partial charge in [0.25, 0.3) is 0 Å². The number of thiophene rings is 1. The van der Waals surface area contributed by atoms with Crippen LogP contribution in [0.5, 0.6) is 0 Å². The van der Waals surface area contributed by atoms with Crippen molar-refractivity contribution in [2.75, 3.05) is 13.1 Å². The number of aryl methyl sites for hydroxylation is 1. The molecule has 2 atom stereocenters. The molecule has 0 saturated heterocycles. The van der Waals surface area contributed by atoms with Crippen molar-refractivity contribution >= 4 is 11.3 Å². The third-order valence-corrected chi connectivity index (χ3v) is 5.63. The second-order valence-corrected chi connectivity index (χ2v) is 6.58. The van der Waals surface area contributed by atoms with Gasteiger partial charge >= 0.3 is 0 Å². The Kier molecular flexibility index (Phi) is 6.51. The summed E-state index contributed by atoms with van der Waals surface area (Å²) in [6, 6.07) is 4.36. The Labute approximate surface area is 122 Å². The van der Waals surface area contributed by atoms with Crippen LogP contribution in [0.25, 0.3) is 0 Å². The molecule has 0 aliphatic carbocycles. The van der Waals surface area contributed by atoms with Crippen molar-refractivity contribution in [3.63, 3.8) is 0 Å². The van der Waals surface area contributed by atoms with Crippen molar-refractivity contribution in [2.45, 2.75) is 65.5 Å². The summed E-state index contributed by atoms with van der Waals surface area (Å²) in [4.78, 5) is 5.09. The van der Waals surface area contributed by atoms with Gasteiger partial charge in [0, 0.05) is 21.7 Å². The van der Waals surface area contributed by atoms with Crippen LogP contribution in [0.3, 0.4) is 0 Å². The summed E-state index contributed by atoms with van der Waals surface area (Å²) < 4.78 is 0. The SMILES string of the molecule is CCc1ccc(CC(O)C(C)(CC)N(CC)CC)s1. The lowest BCUT2D eigenvalue weighted by atomic mass is 9.87. The van der Waals surface area contributed by atoms with Gasteiger partial charge in [-0.1, -0.05) is 27.7 Å². The summed E-state index contributed by atoms with van der Waals surface area (Å²) in [5, 5.41) is 10.7. The molecule has 1 aromatic heterocycles. The molecule has 0 spiro atoms. The molecule has 0 aliphatic rings. The fourth-order valence-corrected chi connectivity index (χ4v) is 3.74. The molecule has 3 heteroatoms. The van der Waals surface area contributed by atoms with Crippen molar-refractivity contribution in [3.05, 3.63) is 21.9 Å². The lowest BCUT2D eigenvalue weighted by Gasteiger charge is -2.43. The van der Waals surface area contributed by atoms with E-state index >= 15 is 0 Å². The topological polar surface area (TPSA) is 23.5 Å². The zero-order valence-electron chi connectivity index (χ0n) is 13.1. The molecule has 0 amide bonds. The maximum atomic E-state index is 10.7. The average Bonchev–Trinajstić information content (AvgIpc) is 2.87. The van der Waals surface area contributed by atoms with E-state index in [2.05, 4.69) is 51.7 Å². The number of hydrogen-bond donors (Lipinski definition) is 1. The van der Waals surface area contributed by atoms with E-state index in [9.17, 15) is 5.11 Å². The summed E-state index contributed by atoms with van der Waals surface area (Å²) in [6.07, 6.45) is 2.52. The Morgan fingerprint density at radius 3 is 2.16 bits per heavy atom. The Hall–Kier alpha value is -0.380. The third kappa shape index (κ3) is 3.80. The van der Waals surface area contributed by atoms with Gasteiger partial charge in [-0.05, 0) is 45.0 Å². The highest BCUT2D eigenvalue weighted by Crippen LogP contribution is 2.28. The summed E-state index contributed by atoms with van der Waals surface area (Å²) in [5.74, 6) is 0. The number of aliphatic hydroxyl groups is 1. The van der Waals surface area contributed by atoms with Gasteiger partial charge in [-0.25, -0.2) is 0 Å². The Balaban J connectivity index is 2.80. The minimum atomic E-state index is -0.305. The van der Waals surface area contributed by atoms with Crippen molar-refractivity contribution < 1.29 is 5.11 Å². The molecule has 0 saturated carbocycles. The Morgan fingerprint density at radius 2 is 1.74 bits per heavy atom. The third-order valence-electron chi connectivity index (χ3n) is 4.38. The maximum absolute atomic E-state index is 10.7. The van der Waals surface area contributed by atoms with Crippen LogP contribution in [-0.2, 0) is 12.8 Å². The molecule has 0 fully saturated rings. The van der Waals surface area contributed by atoms with E-state index in [1.807, 2.05) is 11.3 Å². The summed E-state index contributed by atoms with van der Waals surface area (Å²) in [7, 11) is 0. The van der Waals surface area contributed by atoms with Crippen LogP contribution >= 0.6 is 11.3 Å². The first-order chi connectivity index (χ1) is 9.01. The van der Waals surface area contributed by atoms with E-state index in [0.29, 0.717) is 0 Å². The number of rotatable bonds is 8. The van der Waals surface area contributed by atoms with Gasteiger partial charge < -0.3 is 5.11 Å². The lowest BCUT2D eigenvalue weighted by Crippen LogP contribution is -2.54. The first-order valence-electron chi connectivity index (χ1n) is 7.52. The first-order valence-corrected chi connectivity index (χ1v) is 8.34. The van der Waals surface area contributed by atoms with Gasteiger partial charge in [-0.3, -0.25) is 4.90 Å². The van der Waals surface area contributed by atoms with Gasteiger partial charge in [0.15, 0.2) is 0 Å². The average molecular weight is 283 g/mol. The highest BCUT2D eigenvalue weighted by molar-refractivity contribution is 7.11. The van der Waals surface area contributed by atoms with Crippen molar-refractivity contribution in [1.29, 1.82) is 0 Å². The highest BCUT2D eigenvalue weighted by Gasteiger charge is 2.35. The number of aliphatic hydroxyl groups excluding tert-OH is 1. The van der Waals surface area contributed by atoms with Crippen LogP contribution in [0.15, 0.2) is 12.1 Å². The van der Waals surface area contributed by atoms with E-state index < -0.39 is 0 Å². The van der Waals surface area contributed by atoms with Crippen molar-refractivity contribution in [3.8, 4) is 0 Å². The van der Waals surface area contributed by atoms with Crippen molar-refractivity contribution in [1.82, 2.24) is 4.90 Å². The Morgan fingerprint density at radius 1 is 1.16 bits per heavy atom. The van der Waals surface area contributed by atoms with Crippen molar-refractivity contribution in [2.24, 2.45) is 0 Å². The van der Waals surface area contributed by atoms with E-state index in [-0.39, 0.29) is 11.6 Å². The molecule has 2 unspecified atom stereocenters. The second kappa shape index (κ2) is 7.41. The van der Waals surface area contributed by atoms with Gasteiger partial charge in [-0.15, -0.1) is 11.3 Å². The molecule has 0 aromatic carbocycles. The Bertz CT molecular complexity index is 373. The largest absolute Gasteiger partial charge is 0.391 e.